The first-order chi connectivity index (χ1) is 6.34. The van der Waals surface area contributed by atoms with Crippen LogP contribution >= 0.6 is 0 Å². The molecule has 1 aromatic carbocycles. The van der Waals surface area contributed by atoms with Crippen LogP contribution in [0.4, 0.5) is 4.39 Å². The van der Waals surface area contributed by atoms with Gasteiger partial charge >= 0.3 is 0 Å². The number of benzene rings is 1. The molecule has 1 aromatic rings. The zero-order valence-corrected chi connectivity index (χ0v) is 7.59. The summed E-state index contributed by atoms with van der Waals surface area (Å²) in [4.78, 5) is 0. The van der Waals surface area contributed by atoms with Gasteiger partial charge in [0.2, 0.25) is 0 Å². The van der Waals surface area contributed by atoms with E-state index in [1.807, 2.05) is 12.1 Å². The molecule has 1 nitrogen and oxygen atoms in total. The monoisotopic (exact) mass is 179 g/mol. The lowest BCUT2D eigenvalue weighted by atomic mass is 9.95. The predicted molar refractivity (Wildman–Crippen MR) is 51.1 cm³/mol. The molecule has 2 heteroatoms. The van der Waals surface area contributed by atoms with E-state index in [4.69, 9.17) is 0 Å². The van der Waals surface area contributed by atoms with E-state index in [2.05, 4.69) is 5.32 Å². The third-order valence-electron chi connectivity index (χ3n) is 2.62. The Morgan fingerprint density at radius 2 is 1.92 bits per heavy atom. The van der Waals surface area contributed by atoms with Gasteiger partial charge in [0.25, 0.3) is 0 Å². The molecule has 0 amide bonds. The van der Waals surface area contributed by atoms with Crippen molar-refractivity contribution in [1.82, 2.24) is 5.32 Å². The lowest BCUT2D eigenvalue weighted by Gasteiger charge is -2.26. The van der Waals surface area contributed by atoms with E-state index in [1.165, 1.54) is 24.1 Å². The van der Waals surface area contributed by atoms with Crippen LogP contribution in [-0.4, -0.2) is 13.1 Å². The van der Waals surface area contributed by atoms with Crippen LogP contribution in [-0.2, 0) is 6.42 Å². The highest BCUT2D eigenvalue weighted by atomic mass is 19.1. The molecule has 2 rings (SSSR count). The van der Waals surface area contributed by atoms with Gasteiger partial charge in [-0.3, -0.25) is 0 Å². The summed E-state index contributed by atoms with van der Waals surface area (Å²) in [5.41, 5.74) is 1.24. The molecule has 0 aliphatic carbocycles. The molecule has 70 valence electrons. The molecule has 1 saturated heterocycles. The predicted octanol–water partition coefficient (Wildman–Crippen LogP) is 1.98. The van der Waals surface area contributed by atoms with Crippen LogP contribution in [0.3, 0.4) is 0 Å². The van der Waals surface area contributed by atoms with Gasteiger partial charge in [0, 0.05) is 0 Å². The summed E-state index contributed by atoms with van der Waals surface area (Å²) in [6.07, 6.45) is 2.30. The van der Waals surface area contributed by atoms with Gasteiger partial charge in [-0.05, 0) is 49.5 Å². The van der Waals surface area contributed by atoms with Crippen molar-refractivity contribution in [2.24, 2.45) is 5.92 Å². The first kappa shape index (κ1) is 8.70. The van der Waals surface area contributed by atoms with Crippen molar-refractivity contribution in [3.05, 3.63) is 35.6 Å². The average Bonchev–Trinajstić information content (AvgIpc) is 2.05. The normalized spacial score (nSPS) is 17.0. The van der Waals surface area contributed by atoms with Crippen molar-refractivity contribution in [2.45, 2.75) is 12.8 Å². The number of halogens is 1. The number of aryl methyl sites for hydroxylation is 1. The van der Waals surface area contributed by atoms with E-state index in [9.17, 15) is 4.39 Å². The van der Waals surface area contributed by atoms with Crippen LogP contribution < -0.4 is 5.32 Å². The van der Waals surface area contributed by atoms with Crippen molar-refractivity contribution < 1.29 is 4.39 Å². The minimum Gasteiger partial charge on any atom is -0.316 e. The fraction of sp³-hybridized carbons (Fsp3) is 0.455. The molecule has 0 unspecified atom stereocenters. The second kappa shape index (κ2) is 3.88. The summed E-state index contributed by atoms with van der Waals surface area (Å²) in [7, 11) is 0. The summed E-state index contributed by atoms with van der Waals surface area (Å²) < 4.78 is 12.6. The van der Waals surface area contributed by atoms with Crippen LogP contribution in [0.1, 0.15) is 12.0 Å². The molecule has 1 fully saturated rings. The molecule has 0 aromatic heterocycles. The second-order valence-corrected chi connectivity index (χ2v) is 3.69. The van der Waals surface area contributed by atoms with Crippen molar-refractivity contribution in [1.29, 1.82) is 0 Å². The van der Waals surface area contributed by atoms with Gasteiger partial charge in [-0.25, -0.2) is 4.39 Å². The van der Waals surface area contributed by atoms with Gasteiger partial charge in [0.05, 0.1) is 0 Å². The Bertz CT molecular complexity index is 264. The van der Waals surface area contributed by atoms with Crippen LogP contribution in [0, 0.1) is 11.7 Å². The molecule has 0 bridgehead atoms. The summed E-state index contributed by atoms with van der Waals surface area (Å²) in [5.74, 6) is 0.694. The third-order valence-corrected chi connectivity index (χ3v) is 2.62. The fourth-order valence-electron chi connectivity index (χ4n) is 1.57. The third kappa shape index (κ3) is 2.28. The maximum absolute atomic E-state index is 12.6. The molecule has 0 atom stereocenters. The smallest absolute Gasteiger partial charge is 0.123 e. The largest absolute Gasteiger partial charge is 0.316 e. The Kier molecular flexibility index (Phi) is 2.60. The minimum absolute atomic E-state index is 0.144. The van der Waals surface area contributed by atoms with Gasteiger partial charge < -0.3 is 5.32 Å². The second-order valence-electron chi connectivity index (χ2n) is 3.69. The highest BCUT2D eigenvalue weighted by Gasteiger charge is 2.15. The minimum atomic E-state index is -0.144. The zero-order chi connectivity index (χ0) is 9.10. The average molecular weight is 179 g/mol. The number of hydrogen-bond acceptors (Lipinski definition) is 1. The van der Waals surface area contributed by atoms with E-state index in [-0.39, 0.29) is 5.82 Å². The summed E-state index contributed by atoms with van der Waals surface area (Å²) in [6, 6.07) is 6.82. The standard InChI is InChI=1S/C11H14FN/c12-11-5-3-9(4-6-11)1-2-10-7-13-8-10/h3-6,10,13H,1-2,7-8H2. The number of nitrogens with one attached hydrogen (secondary N) is 1. The molecule has 1 N–H and O–H groups in total. The molecule has 1 aliphatic heterocycles. The Morgan fingerprint density at radius 1 is 1.23 bits per heavy atom. The topological polar surface area (TPSA) is 12.0 Å². The summed E-state index contributed by atoms with van der Waals surface area (Å²) in [5, 5.41) is 3.25. The number of rotatable bonds is 3. The first-order valence-corrected chi connectivity index (χ1v) is 4.80. The first-order valence-electron chi connectivity index (χ1n) is 4.80. The Hall–Kier alpha value is -0.890. The molecule has 13 heavy (non-hydrogen) atoms. The summed E-state index contributed by atoms with van der Waals surface area (Å²) >= 11 is 0. The van der Waals surface area contributed by atoms with Crippen molar-refractivity contribution in [3.8, 4) is 0 Å². The van der Waals surface area contributed by atoms with Crippen molar-refractivity contribution in [2.75, 3.05) is 13.1 Å². The van der Waals surface area contributed by atoms with Gasteiger partial charge in [-0.15, -0.1) is 0 Å². The van der Waals surface area contributed by atoms with E-state index >= 15 is 0 Å². The molecule has 1 aliphatic rings. The maximum atomic E-state index is 12.6. The van der Waals surface area contributed by atoms with E-state index in [1.54, 1.807) is 0 Å². The zero-order valence-electron chi connectivity index (χ0n) is 7.59. The maximum Gasteiger partial charge on any atom is 0.123 e. The molecular formula is C11H14FN. The Morgan fingerprint density at radius 3 is 2.46 bits per heavy atom. The number of hydrogen-bond donors (Lipinski definition) is 1. The van der Waals surface area contributed by atoms with E-state index < -0.39 is 0 Å². The SMILES string of the molecule is Fc1ccc(CCC2CNC2)cc1. The van der Waals surface area contributed by atoms with E-state index in [0.29, 0.717) is 0 Å². The lowest BCUT2D eigenvalue weighted by molar-refractivity contribution is 0.328. The molecular weight excluding hydrogens is 165 g/mol. The van der Waals surface area contributed by atoms with Gasteiger partial charge in [-0.1, -0.05) is 12.1 Å². The Labute approximate surface area is 78.0 Å². The summed E-state index contributed by atoms with van der Waals surface area (Å²) in [6.45, 7) is 2.31. The quantitative estimate of drug-likeness (QED) is 0.748. The van der Waals surface area contributed by atoms with Crippen LogP contribution in [0.15, 0.2) is 24.3 Å². The fourth-order valence-corrected chi connectivity index (χ4v) is 1.57. The van der Waals surface area contributed by atoms with E-state index in [0.717, 1.165) is 25.4 Å². The molecule has 0 saturated carbocycles. The highest BCUT2D eigenvalue weighted by Crippen LogP contribution is 2.13. The van der Waals surface area contributed by atoms with Crippen molar-refractivity contribution >= 4 is 0 Å². The lowest BCUT2D eigenvalue weighted by Crippen LogP contribution is -2.42. The van der Waals surface area contributed by atoms with Crippen LogP contribution in [0.25, 0.3) is 0 Å². The molecule has 0 radical (unpaired) electrons. The molecule has 0 spiro atoms. The highest BCUT2D eigenvalue weighted by molar-refractivity contribution is 5.16. The van der Waals surface area contributed by atoms with Crippen molar-refractivity contribution in [3.63, 3.8) is 0 Å². The van der Waals surface area contributed by atoms with Crippen LogP contribution in [0.5, 0.6) is 0 Å². The van der Waals surface area contributed by atoms with Gasteiger partial charge in [0.1, 0.15) is 5.82 Å². The van der Waals surface area contributed by atoms with Gasteiger partial charge in [-0.2, -0.15) is 0 Å². The molecule has 1 heterocycles. The Balaban J connectivity index is 1.83. The van der Waals surface area contributed by atoms with Crippen LogP contribution in [0.2, 0.25) is 0 Å². The van der Waals surface area contributed by atoms with Gasteiger partial charge in [0.15, 0.2) is 0 Å².